The van der Waals surface area contributed by atoms with Crippen LogP contribution in [-0.4, -0.2) is 9.52 Å². The van der Waals surface area contributed by atoms with Crippen molar-refractivity contribution in [1.82, 2.24) is 0 Å². The SMILES string of the molecule is CC(C)c1cc2c(-c3ccc(C(C)(C)C)cc3)cccc2[cH-]1.CCc1cc(-c2ccc(C(C)(C)C)cc2)c2cc(C)[cH-]c2c1.C[Si]C.[Cl][Zr+2][Cl]. The van der Waals surface area contributed by atoms with E-state index in [1.165, 1.54) is 71.6 Å². The second-order valence-corrected chi connectivity index (χ2v) is 20.2. The summed E-state index contributed by atoms with van der Waals surface area (Å²) < 4.78 is 0. The fourth-order valence-electron chi connectivity index (χ4n) is 6.12. The van der Waals surface area contributed by atoms with E-state index in [-0.39, 0.29) is 10.8 Å². The quantitative estimate of drug-likeness (QED) is 0.123. The van der Waals surface area contributed by atoms with E-state index < -0.39 is 20.8 Å². The van der Waals surface area contributed by atoms with E-state index in [9.17, 15) is 0 Å². The number of hydrogen-bond donors (Lipinski definition) is 0. The number of rotatable bonds is 4. The van der Waals surface area contributed by atoms with Crippen LogP contribution in [0.4, 0.5) is 0 Å². The van der Waals surface area contributed by atoms with E-state index in [4.69, 9.17) is 17.0 Å². The van der Waals surface area contributed by atoms with Crippen LogP contribution in [0.1, 0.15) is 96.0 Å². The van der Waals surface area contributed by atoms with Crippen molar-refractivity contribution in [3.8, 4) is 22.3 Å². The Morgan fingerprint density at radius 1 is 0.660 bits per heavy atom. The van der Waals surface area contributed by atoms with Crippen LogP contribution in [0.2, 0.25) is 13.1 Å². The molecule has 0 atom stereocenters. The molecular weight excluding hydrogens is 743 g/mol. The Morgan fingerprint density at radius 3 is 1.60 bits per heavy atom. The van der Waals surface area contributed by atoms with Gasteiger partial charge in [-0.3, -0.25) is 0 Å². The van der Waals surface area contributed by atoms with Gasteiger partial charge < -0.3 is 0 Å². The monoisotopic (exact) mass is 796 g/mol. The van der Waals surface area contributed by atoms with Crippen molar-refractivity contribution in [1.29, 1.82) is 0 Å². The summed E-state index contributed by atoms with van der Waals surface area (Å²) in [6.45, 7) is 26.8. The Labute approximate surface area is 325 Å². The Kier molecular flexibility index (Phi) is 16.1. The minimum absolute atomic E-state index is 0.204. The summed E-state index contributed by atoms with van der Waals surface area (Å²) in [7, 11) is 11.0. The first kappa shape index (κ1) is 42.2. The molecule has 0 bridgehead atoms. The average molecular weight is 799 g/mol. The van der Waals surface area contributed by atoms with Gasteiger partial charge in [-0.25, -0.2) is 0 Å². The number of fused-ring (bicyclic) bond motifs is 2. The van der Waals surface area contributed by atoms with Crippen molar-refractivity contribution >= 4 is 48.1 Å². The van der Waals surface area contributed by atoms with Crippen LogP contribution in [-0.2, 0) is 38.1 Å². The van der Waals surface area contributed by atoms with E-state index in [1.54, 1.807) is 0 Å². The number of aryl methyl sites for hydroxylation is 2. The van der Waals surface area contributed by atoms with Crippen LogP contribution in [0.15, 0.2) is 103 Å². The molecule has 4 heteroatoms. The molecule has 6 aromatic carbocycles. The van der Waals surface area contributed by atoms with E-state index >= 15 is 0 Å². The molecule has 262 valence electrons. The van der Waals surface area contributed by atoms with Gasteiger partial charge >= 0.3 is 37.9 Å². The number of benzene rings is 4. The van der Waals surface area contributed by atoms with E-state index in [0.29, 0.717) is 5.92 Å². The third-order valence-electron chi connectivity index (χ3n) is 9.00. The second-order valence-electron chi connectivity index (χ2n) is 15.5. The summed E-state index contributed by atoms with van der Waals surface area (Å²) in [5, 5.41) is 5.46. The normalized spacial score (nSPS) is 11.3. The molecule has 0 unspecified atom stereocenters. The molecule has 0 aliphatic carbocycles. The summed E-state index contributed by atoms with van der Waals surface area (Å²) in [6, 6.07) is 38.7. The zero-order valence-corrected chi connectivity index (χ0v) is 37.3. The van der Waals surface area contributed by atoms with Crippen LogP contribution in [0.3, 0.4) is 0 Å². The molecule has 6 aromatic rings. The fraction of sp³-hybridized carbons (Fsp3) is 0.348. The van der Waals surface area contributed by atoms with Crippen LogP contribution >= 0.6 is 17.0 Å². The molecule has 0 N–H and O–H groups in total. The average Bonchev–Trinajstić information content (AvgIpc) is 3.68. The molecule has 0 saturated heterocycles. The van der Waals surface area contributed by atoms with E-state index in [1.807, 2.05) is 0 Å². The van der Waals surface area contributed by atoms with Crippen molar-refractivity contribution < 1.29 is 20.8 Å². The van der Waals surface area contributed by atoms with Gasteiger partial charge in [0.2, 0.25) is 0 Å². The van der Waals surface area contributed by atoms with Gasteiger partial charge in [0, 0.05) is 9.52 Å². The zero-order chi connectivity index (χ0) is 37.2. The summed E-state index contributed by atoms with van der Waals surface area (Å²) in [5.74, 6) is 0.573. The molecule has 6 rings (SSSR count). The van der Waals surface area contributed by atoms with Gasteiger partial charge in [-0.15, -0.1) is 63.0 Å². The van der Waals surface area contributed by atoms with E-state index in [0.717, 1.165) is 15.9 Å². The molecule has 0 amide bonds. The second kappa shape index (κ2) is 19.0. The maximum absolute atomic E-state index is 4.93. The first-order chi connectivity index (χ1) is 23.6. The molecule has 0 spiro atoms. The zero-order valence-electron chi connectivity index (χ0n) is 32.4. The van der Waals surface area contributed by atoms with Gasteiger partial charge in [0.15, 0.2) is 0 Å². The molecule has 0 aliphatic heterocycles. The van der Waals surface area contributed by atoms with Crippen LogP contribution in [0, 0.1) is 6.92 Å². The predicted octanol–water partition coefficient (Wildman–Crippen LogP) is 15.2. The first-order valence-electron chi connectivity index (χ1n) is 17.7. The van der Waals surface area contributed by atoms with Crippen molar-refractivity contribution in [2.75, 3.05) is 0 Å². The van der Waals surface area contributed by atoms with Crippen LogP contribution in [0.25, 0.3) is 43.8 Å². The van der Waals surface area contributed by atoms with Crippen molar-refractivity contribution in [3.63, 3.8) is 0 Å². The Hall–Kier alpha value is -2.22. The molecule has 0 nitrogen and oxygen atoms in total. The Morgan fingerprint density at radius 2 is 1.14 bits per heavy atom. The van der Waals surface area contributed by atoms with Crippen molar-refractivity contribution in [2.24, 2.45) is 0 Å². The first-order valence-corrected chi connectivity index (χ1v) is 26.1. The molecule has 0 aromatic heterocycles. The molecule has 0 heterocycles. The minimum atomic E-state index is -0.826. The summed E-state index contributed by atoms with van der Waals surface area (Å²) in [6.07, 6.45) is 1.08. The fourth-order valence-corrected chi connectivity index (χ4v) is 6.12. The number of halogens is 2. The summed E-state index contributed by atoms with van der Waals surface area (Å²) >= 11 is -0.826. The Balaban J connectivity index is 0.000000234. The summed E-state index contributed by atoms with van der Waals surface area (Å²) in [4.78, 5) is 0. The molecule has 2 radical (unpaired) electrons. The molecular formula is C46H56Cl2SiZr. The molecule has 50 heavy (non-hydrogen) atoms. The van der Waals surface area contributed by atoms with Gasteiger partial charge in [-0.1, -0.05) is 160 Å². The van der Waals surface area contributed by atoms with Gasteiger partial charge in [0.05, 0.1) is 0 Å². The summed E-state index contributed by atoms with van der Waals surface area (Å²) in [5.41, 5.74) is 12.7. The van der Waals surface area contributed by atoms with E-state index in [2.05, 4.69) is 185 Å². The molecule has 0 saturated carbocycles. The van der Waals surface area contributed by atoms with Crippen LogP contribution in [0.5, 0.6) is 0 Å². The molecule has 0 aliphatic rings. The maximum atomic E-state index is 4.93. The molecule has 0 fully saturated rings. The third-order valence-corrected chi connectivity index (χ3v) is 9.00. The third kappa shape index (κ3) is 11.4. The predicted molar refractivity (Wildman–Crippen MR) is 225 cm³/mol. The van der Waals surface area contributed by atoms with Gasteiger partial charge in [0.1, 0.15) is 0 Å². The van der Waals surface area contributed by atoms with Gasteiger partial charge in [-0.2, -0.15) is 12.1 Å². The Bertz CT molecular complexity index is 1910. The van der Waals surface area contributed by atoms with Crippen molar-refractivity contribution in [3.05, 3.63) is 131 Å². The van der Waals surface area contributed by atoms with Gasteiger partial charge in [0.25, 0.3) is 0 Å². The van der Waals surface area contributed by atoms with Gasteiger partial charge in [-0.05, 0) is 45.4 Å². The van der Waals surface area contributed by atoms with Crippen molar-refractivity contribution in [2.45, 2.75) is 106 Å². The number of hydrogen-bond acceptors (Lipinski definition) is 0. The topological polar surface area (TPSA) is 0 Å². The standard InChI is InChI=1S/2C22H25.C2H6Si.2ClH.Zr/c1-15(2)18-13-17-7-6-8-20(21(17)14-18)16-9-11-19(12-10-16)22(3,4)5;1-6-16-13-18-11-15(2)12-20(18)21(14-16)17-7-9-19(10-8-17)22(3,4)5;1-3-2;;;/h6-15H,1-5H3;7-14H,6H2,1-5H3;1-2H3;2*1H;/q2*-1;;;;+4/p-2. The van der Waals surface area contributed by atoms with Crippen LogP contribution < -0.4 is 0 Å².